The van der Waals surface area contributed by atoms with Crippen LogP contribution in [0.25, 0.3) is 11.3 Å². The maximum Gasteiger partial charge on any atom is 0.252 e. The highest BCUT2D eigenvalue weighted by atomic mass is 32.2. The number of sulfonamides is 1. The third kappa shape index (κ3) is 4.15. The second-order valence-electron chi connectivity index (χ2n) is 5.65. The third-order valence-corrected chi connectivity index (χ3v) is 7.08. The lowest BCUT2D eigenvalue weighted by molar-refractivity contribution is 0.462. The standard InChI is InChI=1S/C17H18FN3O2S2/c1-21(25(22,23)17-5-3-11-24-17)10-2-4-15-12-16(20-19-15)13-6-8-14(18)9-7-13/h3,5-9,11-12H,2,4,10H2,1H3,(H,19,20). The van der Waals surface area contributed by atoms with Gasteiger partial charge in [0.05, 0.1) is 5.69 Å². The van der Waals surface area contributed by atoms with Crippen LogP contribution in [0, 0.1) is 5.82 Å². The Balaban J connectivity index is 1.57. The molecule has 1 N–H and O–H groups in total. The Morgan fingerprint density at radius 1 is 1.24 bits per heavy atom. The molecule has 0 unspecified atom stereocenters. The smallest absolute Gasteiger partial charge is 0.252 e. The van der Waals surface area contributed by atoms with Crippen LogP contribution in [-0.4, -0.2) is 36.5 Å². The molecule has 3 rings (SSSR count). The van der Waals surface area contributed by atoms with E-state index in [1.54, 1.807) is 36.7 Å². The molecule has 1 aromatic carbocycles. The molecule has 2 heterocycles. The minimum atomic E-state index is -3.40. The molecule has 0 aliphatic rings. The minimum absolute atomic E-state index is 0.283. The van der Waals surface area contributed by atoms with Crippen molar-refractivity contribution in [1.82, 2.24) is 14.5 Å². The number of rotatable bonds is 7. The van der Waals surface area contributed by atoms with Crippen LogP contribution in [-0.2, 0) is 16.4 Å². The second kappa shape index (κ2) is 7.47. The quantitative estimate of drug-likeness (QED) is 0.683. The molecule has 0 saturated carbocycles. The number of aromatic amines is 1. The number of aromatic nitrogens is 2. The van der Waals surface area contributed by atoms with E-state index in [1.165, 1.54) is 27.8 Å². The SMILES string of the molecule is CN(CCCc1cc(-c2ccc(F)cc2)n[nH]1)S(=O)(=O)c1cccs1. The van der Waals surface area contributed by atoms with E-state index in [4.69, 9.17) is 0 Å². The average molecular weight is 379 g/mol. The summed E-state index contributed by atoms with van der Waals surface area (Å²) in [4.78, 5) is 0. The van der Waals surface area contributed by atoms with Gasteiger partial charge >= 0.3 is 0 Å². The van der Waals surface area contributed by atoms with Gasteiger partial charge in [-0.2, -0.15) is 5.10 Å². The lowest BCUT2D eigenvalue weighted by atomic mass is 10.1. The van der Waals surface area contributed by atoms with Gasteiger partial charge in [0.2, 0.25) is 0 Å². The van der Waals surface area contributed by atoms with Crippen molar-refractivity contribution in [2.24, 2.45) is 0 Å². The molecular formula is C17H18FN3O2S2. The molecule has 0 spiro atoms. The van der Waals surface area contributed by atoms with Gasteiger partial charge in [0.1, 0.15) is 10.0 Å². The highest BCUT2D eigenvalue weighted by molar-refractivity contribution is 7.91. The maximum atomic E-state index is 13.0. The fourth-order valence-corrected chi connectivity index (χ4v) is 4.84. The lowest BCUT2D eigenvalue weighted by Crippen LogP contribution is -2.27. The molecular weight excluding hydrogens is 361 g/mol. The fourth-order valence-electron chi connectivity index (χ4n) is 2.43. The molecule has 0 amide bonds. The van der Waals surface area contributed by atoms with E-state index in [0.29, 0.717) is 23.6 Å². The highest BCUT2D eigenvalue weighted by Crippen LogP contribution is 2.21. The van der Waals surface area contributed by atoms with Gasteiger partial charge in [-0.25, -0.2) is 17.1 Å². The molecule has 0 bridgehead atoms. The summed E-state index contributed by atoms with van der Waals surface area (Å²) in [6.45, 7) is 0.422. The van der Waals surface area contributed by atoms with Gasteiger partial charge in [0.25, 0.3) is 10.0 Å². The number of nitrogens with zero attached hydrogens (tertiary/aromatic N) is 2. The first-order valence-electron chi connectivity index (χ1n) is 7.77. The highest BCUT2D eigenvalue weighted by Gasteiger charge is 2.21. The zero-order chi connectivity index (χ0) is 17.9. The first-order valence-corrected chi connectivity index (χ1v) is 10.1. The number of benzene rings is 1. The van der Waals surface area contributed by atoms with Gasteiger partial charge in [-0.3, -0.25) is 5.10 Å². The average Bonchev–Trinajstić information content (AvgIpc) is 3.27. The molecule has 0 radical (unpaired) electrons. The van der Waals surface area contributed by atoms with Crippen molar-refractivity contribution in [2.45, 2.75) is 17.1 Å². The van der Waals surface area contributed by atoms with Gasteiger partial charge in [-0.15, -0.1) is 11.3 Å². The number of hydrogen-bond donors (Lipinski definition) is 1. The van der Waals surface area contributed by atoms with Gasteiger partial charge in [0, 0.05) is 24.8 Å². The molecule has 8 heteroatoms. The van der Waals surface area contributed by atoms with E-state index in [9.17, 15) is 12.8 Å². The van der Waals surface area contributed by atoms with E-state index in [2.05, 4.69) is 10.2 Å². The summed E-state index contributed by atoms with van der Waals surface area (Å²) < 4.78 is 39.4. The predicted octanol–water partition coefficient (Wildman–Crippen LogP) is 3.53. The molecule has 5 nitrogen and oxygen atoms in total. The molecule has 0 aliphatic carbocycles. The number of hydrogen-bond acceptors (Lipinski definition) is 4. The summed E-state index contributed by atoms with van der Waals surface area (Å²) >= 11 is 1.22. The number of halogens is 1. The third-order valence-electron chi connectivity index (χ3n) is 3.85. The number of aryl methyl sites for hydroxylation is 1. The Hall–Kier alpha value is -2.03. The number of thiophene rings is 1. The Kier molecular flexibility index (Phi) is 5.31. The van der Waals surface area contributed by atoms with E-state index in [1.807, 2.05) is 6.07 Å². The van der Waals surface area contributed by atoms with E-state index in [-0.39, 0.29) is 5.82 Å². The van der Waals surface area contributed by atoms with Crippen LogP contribution in [0.15, 0.2) is 52.1 Å². The van der Waals surface area contributed by atoms with Crippen molar-refractivity contribution in [2.75, 3.05) is 13.6 Å². The van der Waals surface area contributed by atoms with Crippen LogP contribution < -0.4 is 0 Å². The van der Waals surface area contributed by atoms with Crippen molar-refractivity contribution in [3.05, 3.63) is 59.4 Å². The van der Waals surface area contributed by atoms with Crippen LogP contribution in [0.5, 0.6) is 0 Å². The van der Waals surface area contributed by atoms with Crippen molar-refractivity contribution < 1.29 is 12.8 Å². The summed E-state index contributed by atoms with van der Waals surface area (Å²) in [5.74, 6) is -0.283. The van der Waals surface area contributed by atoms with Crippen LogP contribution in [0.3, 0.4) is 0 Å². The molecule has 25 heavy (non-hydrogen) atoms. The first kappa shape index (κ1) is 17.8. The monoisotopic (exact) mass is 379 g/mol. The molecule has 0 fully saturated rings. The van der Waals surface area contributed by atoms with Gasteiger partial charge in [0.15, 0.2) is 0 Å². The number of nitrogens with one attached hydrogen (secondary N) is 1. The molecule has 0 atom stereocenters. The van der Waals surface area contributed by atoms with Gasteiger partial charge in [-0.1, -0.05) is 6.07 Å². The maximum absolute atomic E-state index is 13.0. The summed E-state index contributed by atoms with van der Waals surface area (Å²) in [5, 5.41) is 8.93. The molecule has 3 aromatic rings. The Morgan fingerprint density at radius 2 is 2.00 bits per heavy atom. The largest absolute Gasteiger partial charge is 0.282 e. The van der Waals surface area contributed by atoms with Crippen LogP contribution in [0.4, 0.5) is 4.39 Å². The lowest BCUT2D eigenvalue weighted by Gasteiger charge is -2.15. The van der Waals surface area contributed by atoms with Crippen molar-refractivity contribution in [1.29, 1.82) is 0 Å². The van der Waals surface area contributed by atoms with E-state index in [0.717, 1.165) is 17.0 Å². The summed E-state index contributed by atoms with van der Waals surface area (Å²) in [6, 6.07) is 11.4. The molecule has 132 valence electrons. The van der Waals surface area contributed by atoms with Gasteiger partial charge < -0.3 is 0 Å². The van der Waals surface area contributed by atoms with Crippen molar-refractivity contribution in [3.63, 3.8) is 0 Å². The van der Waals surface area contributed by atoms with E-state index < -0.39 is 10.0 Å². The normalized spacial score (nSPS) is 12.0. The Morgan fingerprint density at radius 3 is 2.68 bits per heavy atom. The zero-order valence-electron chi connectivity index (χ0n) is 13.6. The van der Waals surface area contributed by atoms with Crippen LogP contribution >= 0.6 is 11.3 Å². The van der Waals surface area contributed by atoms with Gasteiger partial charge in [-0.05, 0) is 54.6 Å². The van der Waals surface area contributed by atoms with Crippen molar-refractivity contribution >= 4 is 21.4 Å². The fraction of sp³-hybridized carbons (Fsp3) is 0.235. The number of H-pyrrole nitrogens is 1. The molecule has 2 aromatic heterocycles. The first-order chi connectivity index (χ1) is 12.0. The van der Waals surface area contributed by atoms with Crippen LogP contribution in [0.1, 0.15) is 12.1 Å². The molecule has 0 aliphatic heterocycles. The van der Waals surface area contributed by atoms with E-state index >= 15 is 0 Å². The summed E-state index contributed by atoms with van der Waals surface area (Å²) in [7, 11) is -1.81. The predicted molar refractivity (Wildman–Crippen MR) is 96.4 cm³/mol. The van der Waals surface area contributed by atoms with Crippen LogP contribution in [0.2, 0.25) is 0 Å². The second-order valence-corrected chi connectivity index (χ2v) is 8.87. The molecule has 0 saturated heterocycles. The summed E-state index contributed by atoms with van der Waals surface area (Å²) in [5.41, 5.74) is 2.50. The summed E-state index contributed by atoms with van der Waals surface area (Å²) in [6.07, 6.45) is 1.35. The zero-order valence-corrected chi connectivity index (χ0v) is 15.3. The topological polar surface area (TPSA) is 66.1 Å². The minimum Gasteiger partial charge on any atom is -0.282 e. The Bertz CT molecular complexity index is 919. The Labute approximate surface area is 150 Å². The van der Waals surface area contributed by atoms with Crippen molar-refractivity contribution in [3.8, 4) is 11.3 Å².